The predicted molar refractivity (Wildman–Crippen MR) is 79.7 cm³/mol. The molecular formula is C13H12BrNO4S. The molecule has 1 heterocycles. The Balaban J connectivity index is 2.17. The molecule has 106 valence electrons. The van der Waals surface area contributed by atoms with Crippen LogP contribution in [0.25, 0.3) is 0 Å². The number of carbonyl (C=O) groups is 3. The van der Waals surface area contributed by atoms with E-state index in [4.69, 9.17) is 5.11 Å². The molecule has 2 unspecified atom stereocenters. The Labute approximate surface area is 128 Å². The lowest BCUT2D eigenvalue weighted by molar-refractivity contribution is -0.136. The molecule has 5 nitrogen and oxygen atoms in total. The smallest absolute Gasteiger partial charge is 0.316 e. The van der Waals surface area contributed by atoms with Gasteiger partial charge in [0.1, 0.15) is 5.25 Å². The molecule has 0 aliphatic carbocycles. The summed E-state index contributed by atoms with van der Waals surface area (Å²) in [6, 6.07) is 6.84. The van der Waals surface area contributed by atoms with E-state index in [-0.39, 0.29) is 18.2 Å². The minimum atomic E-state index is -0.989. The normalized spacial score (nSPS) is 20.3. The van der Waals surface area contributed by atoms with Crippen LogP contribution in [0.3, 0.4) is 0 Å². The Morgan fingerprint density at radius 2 is 2.00 bits per heavy atom. The largest absolute Gasteiger partial charge is 0.480 e. The fraction of sp³-hybridized carbons (Fsp3) is 0.308. The molecule has 1 saturated heterocycles. The summed E-state index contributed by atoms with van der Waals surface area (Å²) < 4.78 is 0.853. The standard InChI is InChI=1S/C13H12BrNO4S/c1-7(13(18)19)20-10-6-11(16)15(12(10)17)9-4-2-8(14)3-5-9/h2-5,7,10H,6H2,1H3,(H,18,19). The Hall–Kier alpha value is -1.34. The topological polar surface area (TPSA) is 74.7 Å². The summed E-state index contributed by atoms with van der Waals surface area (Å²) in [4.78, 5) is 36.2. The van der Waals surface area contributed by atoms with Gasteiger partial charge >= 0.3 is 5.97 Å². The second-order valence-corrected chi connectivity index (χ2v) is 6.82. The third-order valence-electron chi connectivity index (χ3n) is 2.91. The first kappa shape index (κ1) is 15.1. The summed E-state index contributed by atoms with van der Waals surface area (Å²) in [5.74, 6) is -1.64. The van der Waals surface area contributed by atoms with Gasteiger partial charge in [-0.15, -0.1) is 11.8 Å². The lowest BCUT2D eigenvalue weighted by Gasteiger charge is -2.15. The molecular weight excluding hydrogens is 346 g/mol. The van der Waals surface area contributed by atoms with Gasteiger partial charge in [0.25, 0.3) is 0 Å². The predicted octanol–water partition coefficient (Wildman–Crippen LogP) is 2.29. The highest BCUT2D eigenvalue weighted by Gasteiger charge is 2.41. The van der Waals surface area contributed by atoms with Crippen molar-refractivity contribution in [2.24, 2.45) is 0 Å². The Morgan fingerprint density at radius 3 is 2.55 bits per heavy atom. The third kappa shape index (κ3) is 3.04. The van der Waals surface area contributed by atoms with E-state index in [1.807, 2.05) is 0 Å². The number of carboxylic acids is 1. The van der Waals surface area contributed by atoms with Gasteiger partial charge in [0.15, 0.2) is 0 Å². The van der Waals surface area contributed by atoms with E-state index in [9.17, 15) is 14.4 Å². The fourth-order valence-electron chi connectivity index (χ4n) is 1.88. The molecule has 1 aliphatic rings. The molecule has 2 amide bonds. The minimum absolute atomic E-state index is 0.0389. The maximum Gasteiger partial charge on any atom is 0.316 e. The van der Waals surface area contributed by atoms with Crippen LogP contribution in [0, 0.1) is 0 Å². The molecule has 0 radical (unpaired) electrons. The van der Waals surface area contributed by atoms with Crippen LogP contribution < -0.4 is 4.90 Å². The molecule has 1 aromatic rings. The van der Waals surface area contributed by atoms with Crippen LogP contribution in [0.4, 0.5) is 5.69 Å². The lowest BCUT2D eigenvalue weighted by Crippen LogP contribution is -2.31. The molecule has 2 rings (SSSR count). The van der Waals surface area contributed by atoms with Gasteiger partial charge in [0.2, 0.25) is 11.8 Å². The number of halogens is 1. The van der Waals surface area contributed by atoms with Gasteiger partial charge in [-0.3, -0.25) is 14.4 Å². The van der Waals surface area contributed by atoms with Crippen LogP contribution in [-0.2, 0) is 14.4 Å². The third-order valence-corrected chi connectivity index (χ3v) is 4.74. The molecule has 0 bridgehead atoms. The first-order chi connectivity index (χ1) is 9.40. The van der Waals surface area contributed by atoms with Gasteiger partial charge in [-0.05, 0) is 31.2 Å². The fourth-order valence-corrected chi connectivity index (χ4v) is 3.21. The van der Waals surface area contributed by atoms with Gasteiger partial charge in [-0.2, -0.15) is 0 Å². The SMILES string of the molecule is CC(SC1CC(=O)N(c2ccc(Br)cc2)C1=O)C(=O)O. The maximum atomic E-state index is 12.2. The number of anilines is 1. The molecule has 0 spiro atoms. The van der Waals surface area contributed by atoms with Crippen molar-refractivity contribution in [3.8, 4) is 0 Å². The van der Waals surface area contributed by atoms with Crippen molar-refractivity contribution < 1.29 is 19.5 Å². The van der Waals surface area contributed by atoms with E-state index in [1.54, 1.807) is 24.3 Å². The summed E-state index contributed by atoms with van der Waals surface area (Å²) in [5, 5.41) is 7.52. The Morgan fingerprint density at radius 1 is 1.40 bits per heavy atom. The van der Waals surface area contributed by atoms with Gasteiger partial charge in [0, 0.05) is 10.9 Å². The van der Waals surface area contributed by atoms with Crippen molar-refractivity contribution in [3.63, 3.8) is 0 Å². The maximum absolute atomic E-state index is 12.2. The zero-order chi connectivity index (χ0) is 14.9. The summed E-state index contributed by atoms with van der Waals surface area (Å²) in [6.45, 7) is 1.51. The number of benzene rings is 1. The first-order valence-corrected chi connectivity index (χ1v) is 7.64. The zero-order valence-electron chi connectivity index (χ0n) is 10.6. The average molecular weight is 358 g/mol. The van der Waals surface area contributed by atoms with Gasteiger partial charge in [-0.1, -0.05) is 15.9 Å². The number of amides is 2. The molecule has 1 N–H and O–H groups in total. The average Bonchev–Trinajstić information content (AvgIpc) is 2.66. The van der Waals surface area contributed by atoms with E-state index < -0.39 is 16.5 Å². The van der Waals surface area contributed by atoms with Gasteiger partial charge < -0.3 is 5.11 Å². The van der Waals surface area contributed by atoms with Crippen LogP contribution >= 0.6 is 27.7 Å². The number of rotatable bonds is 4. The molecule has 2 atom stereocenters. The number of thioether (sulfide) groups is 1. The quantitative estimate of drug-likeness (QED) is 0.836. The molecule has 0 saturated carbocycles. The lowest BCUT2D eigenvalue weighted by atomic mass is 10.3. The van der Waals surface area contributed by atoms with Crippen LogP contribution in [0.5, 0.6) is 0 Å². The van der Waals surface area contributed by atoms with Gasteiger partial charge in [-0.25, -0.2) is 4.90 Å². The minimum Gasteiger partial charge on any atom is -0.480 e. The first-order valence-electron chi connectivity index (χ1n) is 5.91. The number of aliphatic carboxylic acids is 1. The second-order valence-electron chi connectivity index (χ2n) is 4.35. The summed E-state index contributed by atoms with van der Waals surface area (Å²) in [7, 11) is 0. The highest BCUT2D eigenvalue weighted by atomic mass is 79.9. The molecule has 1 aliphatic heterocycles. The number of hydrogen-bond donors (Lipinski definition) is 1. The zero-order valence-corrected chi connectivity index (χ0v) is 13.0. The Kier molecular flexibility index (Phi) is 4.49. The number of hydrogen-bond acceptors (Lipinski definition) is 4. The summed E-state index contributed by atoms with van der Waals surface area (Å²) >= 11 is 4.29. The van der Waals surface area contributed by atoms with Crippen LogP contribution in [0.15, 0.2) is 28.7 Å². The molecule has 1 fully saturated rings. The highest BCUT2D eigenvalue weighted by Crippen LogP contribution is 2.32. The van der Waals surface area contributed by atoms with E-state index >= 15 is 0 Å². The number of carbonyl (C=O) groups excluding carboxylic acids is 2. The highest BCUT2D eigenvalue weighted by molar-refractivity contribution is 9.10. The Bertz CT molecular complexity index is 560. The number of carboxylic acid groups (broad SMARTS) is 1. The van der Waals surface area contributed by atoms with Crippen molar-refractivity contribution in [1.29, 1.82) is 0 Å². The molecule has 20 heavy (non-hydrogen) atoms. The van der Waals surface area contributed by atoms with E-state index in [0.29, 0.717) is 5.69 Å². The van der Waals surface area contributed by atoms with Gasteiger partial charge in [0.05, 0.1) is 10.9 Å². The molecule has 7 heteroatoms. The van der Waals surface area contributed by atoms with E-state index in [2.05, 4.69) is 15.9 Å². The van der Waals surface area contributed by atoms with Crippen molar-refractivity contribution >= 4 is 51.2 Å². The van der Waals surface area contributed by atoms with Crippen LogP contribution in [0.1, 0.15) is 13.3 Å². The van der Waals surface area contributed by atoms with E-state index in [0.717, 1.165) is 21.1 Å². The molecule has 1 aromatic carbocycles. The van der Waals surface area contributed by atoms with E-state index in [1.165, 1.54) is 6.92 Å². The second kappa shape index (κ2) is 5.97. The number of imide groups is 1. The van der Waals surface area contributed by atoms with Crippen LogP contribution in [0.2, 0.25) is 0 Å². The van der Waals surface area contributed by atoms with Crippen LogP contribution in [-0.4, -0.2) is 33.4 Å². The summed E-state index contributed by atoms with van der Waals surface area (Å²) in [6.07, 6.45) is 0.0389. The van der Waals surface area contributed by atoms with Crippen molar-refractivity contribution in [3.05, 3.63) is 28.7 Å². The monoisotopic (exact) mass is 357 g/mol. The number of nitrogens with zero attached hydrogens (tertiary/aromatic N) is 1. The molecule has 0 aromatic heterocycles. The van der Waals surface area contributed by atoms with Crippen molar-refractivity contribution in [1.82, 2.24) is 0 Å². The van der Waals surface area contributed by atoms with Crippen molar-refractivity contribution in [2.75, 3.05) is 4.90 Å². The van der Waals surface area contributed by atoms with Crippen molar-refractivity contribution in [2.45, 2.75) is 23.8 Å². The summed E-state index contributed by atoms with van der Waals surface area (Å²) in [5.41, 5.74) is 0.509.